The first kappa shape index (κ1) is 11.4. The van der Waals surface area contributed by atoms with Crippen molar-refractivity contribution in [2.75, 3.05) is 18.9 Å². The SMILES string of the molecule is Nc1nc(Cl)cc(OCC2(CO)CCC2)n1. The van der Waals surface area contributed by atoms with Gasteiger partial charge in [0.1, 0.15) is 5.15 Å². The van der Waals surface area contributed by atoms with Gasteiger partial charge in [0.25, 0.3) is 0 Å². The summed E-state index contributed by atoms with van der Waals surface area (Å²) in [5, 5.41) is 9.52. The Labute approximate surface area is 98.6 Å². The van der Waals surface area contributed by atoms with Crippen molar-refractivity contribution < 1.29 is 9.84 Å². The summed E-state index contributed by atoms with van der Waals surface area (Å²) in [5.74, 6) is 0.450. The molecule has 0 saturated heterocycles. The van der Waals surface area contributed by atoms with Crippen LogP contribution < -0.4 is 10.5 Å². The molecular formula is C10H14ClN3O2. The van der Waals surface area contributed by atoms with E-state index < -0.39 is 0 Å². The van der Waals surface area contributed by atoms with E-state index in [4.69, 9.17) is 22.1 Å². The highest BCUT2D eigenvalue weighted by atomic mass is 35.5. The highest BCUT2D eigenvalue weighted by Crippen LogP contribution is 2.40. The zero-order chi connectivity index (χ0) is 11.6. The van der Waals surface area contributed by atoms with Gasteiger partial charge in [-0.2, -0.15) is 4.98 Å². The summed E-state index contributed by atoms with van der Waals surface area (Å²) in [5.41, 5.74) is 5.34. The van der Waals surface area contributed by atoms with Crippen LogP contribution in [-0.4, -0.2) is 28.3 Å². The lowest BCUT2D eigenvalue weighted by Crippen LogP contribution is -2.39. The van der Waals surface area contributed by atoms with Gasteiger partial charge in [-0.1, -0.05) is 18.0 Å². The smallest absolute Gasteiger partial charge is 0.224 e. The number of aliphatic hydroxyl groups excluding tert-OH is 1. The van der Waals surface area contributed by atoms with Crippen molar-refractivity contribution in [2.45, 2.75) is 19.3 Å². The van der Waals surface area contributed by atoms with Gasteiger partial charge in [-0.05, 0) is 12.8 Å². The molecule has 0 amide bonds. The molecule has 1 heterocycles. The van der Waals surface area contributed by atoms with E-state index in [1.165, 1.54) is 6.07 Å². The van der Waals surface area contributed by atoms with Crippen LogP contribution in [0.4, 0.5) is 5.95 Å². The molecule has 0 spiro atoms. The largest absolute Gasteiger partial charge is 0.477 e. The lowest BCUT2D eigenvalue weighted by Gasteiger charge is -2.39. The maximum absolute atomic E-state index is 9.26. The van der Waals surface area contributed by atoms with Gasteiger partial charge in [0.2, 0.25) is 11.8 Å². The van der Waals surface area contributed by atoms with Crippen LogP contribution >= 0.6 is 11.6 Å². The van der Waals surface area contributed by atoms with Crippen molar-refractivity contribution in [1.82, 2.24) is 9.97 Å². The monoisotopic (exact) mass is 243 g/mol. The third-order valence-corrected chi connectivity index (χ3v) is 3.16. The summed E-state index contributed by atoms with van der Waals surface area (Å²) in [6.07, 6.45) is 3.10. The zero-order valence-electron chi connectivity index (χ0n) is 8.82. The van der Waals surface area contributed by atoms with E-state index in [1.807, 2.05) is 0 Å². The van der Waals surface area contributed by atoms with E-state index in [0.29, 0.717) is 12.5 Å². The van der Waals surface area contributed by atoms with Gasteiger partial charge < -0.3 is 15.6 Å². The Morgan fingerprint density at radius 1 is 1.50 bits per heavy atom. The molecular weight excluding hydrogens is 230 g/mol. The molecule has 1 aliphatic carbocycles. The highest BCUT2D eigenvalue weighted by molar-refractivity contribution is 6.29. The summed E-state index contributed by atoms with van der Waals surface area (Å²) in [6, 6.07) is 1.52. The molecule has 0 unspecified atom stereocenters. The van der Waals surface area contributed by atoms with Gasteiger partial charge in [-0.15, -0.1) is 0 Å². The lowest BCUT2D eigenvalue weighted by molar-refractivity contribution is -0.00125. The van der Waals surface area contributed by atoms with Crippen molar-refractivity contribution in [2.24, 2.45) is 5.41 Å². The Balaban J connectivity index is 1.98. The molecule has 1 aromatic rings. The van der Waals surface area contributed by atoms with Crippen LogP contribution in [0.3, 0.4) is 0 Å². The average Bonchev–Trinajstić information content (AvgIpc) is 2.15. The number of ether oxygens (including phenoxy) is 1. The van der Waals surface area contributed by atoms with Gasteiger partial charge in [-0.25, -0.2) is 4.98 Å². The van der Waals surface area contributed by atoms with Crippen molar-refractivity contribution >= 4 is 17.5 Å². The first-order valence-electron chi connectivity index (χ1n) is 5.17. The van der Waals surface area contributed by atoms with E-state index in [1.54, 1.807) is 0 Å². The topological polar surface area (TPSA) is 81.3 Å². The number of aromatic nitrogens is 2. The lowest BCUT2D eigenvalue weighted by atomic mass is 9.70. The normalized spacial score (nSPS) is 17.9. The molecule has 0 aromatic carbocycles. The molecule has 0 atom stereocenters. The maximum atomic E-state index is 9.26. The molecule has 0 bridgehead atoms. The molecule has 0 radical (unpaired) electrons. The minimum absolute atomic E-state index is 0.0918. The number of rotatable bonds is 4. The van der Waals surface area contributed by atoms with E-state index in [-0.39, 0.29) is 23.1 Å². The second-order valence-corrected chi connectivity index (χ2v) is 4.57. The molecule has 3 N–H and O–H groups in total. The minimum Gasteiger partial charge on any atom is -0.477 e. The average molecular weight is 244 g/mol. The second-order valence-electron chi connectivity index (χ2n) is 4.19. The van der Waals surface area contributed by atoms with Gasteiger partial charge >= 0.3 is 0 Å². The zero-order valence-corrected chi connectivity index (χ0v) is 9.57. The quantitative estimate of drug-likeness (QED) is 0.778. The molecule has 1 aromatic heterocycles. The highest BCUT2D eigenvalue weighted by Gasteiger charge is 2.37. The summed E-state index contributed by atoms with van der Waals surface area (Å²) >= 11 is 5.72. The number of nitrogen functional groups attached to an aromatic ring is 1. The molecule has 6 heteroatoms. The van der Waals surface area contributed by atoms with Crippen molar-refractivity contribution in [3.63, 3.8) is 0 Å². The van der Waals surface area contributed by atoms with Crippen LogP contribution in [0.1, 0.15) is 19.3 Å². The first-order chi connectivity index (χ1) is 7.63. The molecule has 5 nitrogen and oxygen atoms in total. The third kappa shape index (κ3) is 2.36. The molecule has 0 aliphatic heterocycles. The molecule has 1 fully saturated rings. The fraction of sp³-hybridized carbons (Fsp3) is 0.600. The van der Waals surface area contributed by atoms with Crippen molar-refractivity contribution in [3.05, 3.63) is 11.2 Å². The number of anilines is 1. The second kappa shape index (κ2) is 4.43. The van der Waals surface area contributed by atoms with Crippen LogP contribution in [0, 0.1) is 5.41 Å². The summed E-state index contributed by atoms with van der Waals surface area (Å²) in [7, 11) is 0. The maximum Gasteiger partial charge on any atom is 0.224 e. The van der Waals surface area contributed by atoms with Gasteiger partial charge in [0.15, 0.2) is 0 Å². The first-order valence-corrected chi connectivity index (χ1v) is 5.55. The molecule has 1 aliphatic rings. The Bertz CT molecular complexity index is 357. The van der Waals surface area contributed by atoms with E-state index >= 15 is 0 Å². The Morgan fingerprint density at radius 3 is 2.75 bits per heavy atom. The van der Waals surface area contributed by atoms with Crippen molar-refractivity contribution in [3.8, 4) is 5.88 Å². The number of hydrogen-bond donors (Lipinski definition) is 2. The number of hydrogen-bond acceptors (Lipinski definition) is 5. The van der Waals surface area contributed by atoms with E-state index in [2.05, 4.69) is 9.97 Å². The number of nitrogens with zero attached hydrogens (tertiary/aromatic N) is 2. The van der Waals surface area contributed by atoms with Crippen LogP contribution in [-0.2, 0) is 0 Å². The molecule has 16 heavy (non-hydrogen) atoms. The number of halogens is 1. The van der Waals surface area contributed by atoms with Crippen LogP contribution in [0.15, 0.2) is 6.07 Å². The predicted molar refractivity (Wildman–Crippen MR) is 60.3 cm³/mol. The van der Waals surface area contributed by atoms with Crippen LogP contribution in [0.5, 0.6) is 5.88 Å². The van der Waals surface area contributed by atoms with Crippen LogP contribution in [0.2, 0.25) is 5.15 Å². The Hall–Kier alpha value is -1.07. The van der Waals surface area contributed by atoms with Gasteiger partial charge in [-0.3, -0.25) is 0 Å². The molecule has 2 rings (SSSR count). The summed E-state index contributed by atoms with van der Waals surface area (Å²) in [6.45, 7) is 0.581. The fourth-order valence-corrected chi connectivity index (χ4v) is 1.92. The van der Waals surface area contributed by atoms with E-state index in [9.17, 15) is 5.11 Å². The Kier molecular flexibility index (Phi) is 3.16. The van der Waals surface area contributed by atoms with E-state index in [0.717, 1.165) is 19.3 Å². The minimum atomic E-state index is -0.105. The number of nitrogens with two attached hydrogens (primary N) is 1. The van der Waals surface area contributed by atoms with Gasteiger partial charge in [0, 0.05) is 11.5 Å². The summed E-state index contributed by atoms with van der Waals surface area (Å²) in [4.78, 5) is 7.64. The molecule has 1 saturated carbocycles. The Morgan fingerprint density at radius 2 is 2.25 bits per heavy atom. The van der Waals surface area contributed by atoms with Crippen LogP contribution in [0.25, 0.3) is 0 Å². The van der Waals surface area contributed by atoms with Gasteiger partial charge in [0.05, 0.1) is 13.2 Å². The standard InChI is InChI=1S/C10H14ClN3O2/c11-7-4-8(14-9(12)13-7)16-6-10(5-15)2-1-3-10/h4,15H,1-3,5-6H2,(H2,12,13,14). The third-order valence-electron chi connectivity index (χ3n) is 2.96. The fourth-order valence-electron chi connectivity index (χ4n) is 1.74. The predicted octanol–water partition coefficient (Wildman–Crippen LogP) is 1.25. The van der Waals surface area contributed by atoms with Crippen molar-refractivity contribution in [1.29, 1.82) is 0 Å². The molecule has 88 valence electrons. The summed E-state index contributed by atoms with van der Waals surface area (Å²) < 4.78 is 5.49. The number of aliphatic hydroxyl groups is 1.